The van der Waals surface area contributed by atoms with Gasteiger partial charge in [0.1, 0.15) is 0 Å². The van der Waals surface area contributed by atoms with Gasteiger partial charge in [-0.05, 0) is 36.1 Å². The number of esters is 2. The molecule has 0 radical (unpaired) electrons. The van der Waals surface area contributed by atoms with Gasteiger partial charge in [0, 0.05) is 12.8 Å². The Labute approximate surface area is 179 Å². The molecular weight excluding hydrogens is 376 g/mol. The molecule has 0 bridgehead atoms. The minimum atomic E-state index is -0.200. The largest absolute Gasteiger partial charge is 0.434 e. The molecule has 0 saturated heterocycles. The van der Waals surface area contributed by atoms with Crippen LogP contribution in [0.5, 0.6) is 0 Å². The highest BCUT2D eigenvalue weighted by Gasteiger charge is 2.02. The molecule has 0 heterocycles. The second kappa shape index (κ2) is 14.8. The molecule has 0 spiro atoms. The molecule has 2 aromatic rings. The first-order chi connectivity index (χ1) is 14.7. The molecule has 2 aromatic carbocycles. The van der Waals surface area contributed by atoms with Gasteiger partial charge in [0.25, 0.3) is 0 Å². The topological polar surface area (TPSA) is 52.6 Å². The third kappa shape index (κ3) is 11.0. The van der Waals surface area contributed by atoms with E-state index in [9.17, 15) is 9.59 Å². The Morgan fingerprint density at radius 1 is 0.567 bits per heavy atom. The number of carbonyl (C=O) groups excluding carboxylic acids is 2. The van der Waals surface area contributed by atoms with Crippen molar-refractivity contribution in [2.24, 2.45) is 0 Å². The Hall–Kier alpha value is -3.14. The van der Waals surface area contributed by atoms with E-state index in [1.165, 1.54) is 12.5 Å². The Morgan fingerprint density at radius 2 is 0.933 bits per heavy atom. The van der Waals surface area contributed by atoms with E-state index in [0.29, 0.717) is 12.8 Å². The summed E-state index contributed by atoms with van der Waals surface area (Å²) in [7, 11) is 0. The molecule has 0 fully saturated rings. The van der Waals surface area contributed by atoms with Gasteiger partial charge in [0.15, 0.2) is 0 Å². The highest BCUT2D eigenvalue weighted by molar-refractivity contribution is 5.71. The lowest BCUT2D eigenvalue weighted by atomic mass is 10.1. The van der Waals surface area contributed by atoms with Crippen LogP contribution in [0.2, 0.25) is 0 Å². The van der Waals surface area contributed by atoms with Gasteiger partial charge in [0.05, 0.1) is 12.5 Å². The zero-order chi connectivity index (χ0) is 21.3. The lowest BCUT2D eigenvalue weighted by Gasteiger charge is -2.02. The van der Waals surface area contributed by atoms with Crippen molar-refractivity contribution in [3.05, 3.63) is 84.3 Å². The van der Waals surface area contributed by atoms with Crippen molar-refractivity contribution in [2.45, 2.75) is 51.4 Å². The fraction of sp³-hybridized carbons (Fsp3) is 0.308. The van der Waals surface area contributed by atoms with Crippen LogP contribution in [0.4, 0.5) is 0 Å². The summed E-state index contributed by atoms with van der Waals surface area (Å²) in [5, 5.41) is 0. The van der Waals surface area contributed by atoms with Crippen molar-refractivity contribution in [3.63, 3.8) is 0 Å². The van der Waals surface area contributed by atoms with Crippen molar-refractivity contribution in [3.8, 4) is 0 Å². The summed E-state index contributed by atoms with van der Waals surface area (Å²) in [5.41, 5.74) is 2.00. The van der Waals surface area contributed by atoms with Gasteiger partial charge in [0.2, 0.25) is 0 Å². The molecule has 0 aliphatic carbocycles. The van der Waals surface area contributed by atoms with E-state index in [1.807, 2.05) is 60.7 Å². The maximum atomic E-state index is 11.7. The van der Waals surface area contributed by atoms with Crippen molar-refractivity contribution < 1.29 is 19.1 Å². The summed E-state index contributed by atoms with van der Waals surface area (Å²) in [6.07, 6.45) is 13.0. The first-order valence-electron chi connectivity index (χ1n) is 10.6. The van der Waals surface area contributed by atoms with E-state index < -0.39 is 0 Å². The van der Waals surface area contributed by atoms with Crippen LogP contribution < -0.4 is 0 Å². The Morgan fingerprint density at radius 3 is 1.33 bits per heavy atom. The quantitative estimate of drug-likeness (QED) is 0.215. The normalized spacial score (nSPS) is 11.1. The van der Waals surface area contributed by atoms with Gasteiger partial charge in [-0.25, -0.2) is 0 Å². The molecule has 0 atom stereocenters. The van der Waals surface area contributed by atoms with Crippen molar-refractivity contribution in [1.82, 2.24) is 0 Å². The van der Waals surface area contributed by atoms with Crippen molar-refractivity contribution >= 4 is 24.1 Å². The molecule has 4 nitrogen and oxygen atoms in total. The Kier molecular flexibility index (Phi) is 11.4. The van der Waals surface area contributed by atoms with Crippen molar-refractivity contribution in [2.75, 3.05) is 0 Å². The lowest BCUT2D eigenvalue weighted by Crippen LogP contribution is -1.99. The van der Waals surface area contributed by atoms with E-state index in [0.717, 1.165) is 49.7 Å². The second-order valence-corrected chi connectivity index (χ2v) is 7.03. The smallest absolute Gasteiger partial charge is 0.310 e. The fourth-order valence-corrected chi connectivity index (χ4v) is 2.87. The fourth-order valence-electron chi connectivity index (χ4n) is 2.87. The summed E-state index contributed by atoms with van der Waals surface area (Å²) in [5.74, 6) is -0.401. The number of hydrogen-bond donors (Lipinski definition) is 0. The standard InChI is InChI=1S/C26H30O4/c27-25(29-21-19-23-13-7-5-8-14-23)17-11-3-1-2-4-12-18-26(28)30-22-20-24-15-9-6-10-16-24/h5-10,13-16,19-22H,1-4,11-12,17-18H2. The summed E-state index contributed by atoms with van der Waals surface area (Å²) in [6, 6.07) is 19.4. The van der Waals surface area contributed by atoms with Gasteiger partial charge in [-0.15, -0.1) is 0 Å². The molecule has 158 valence electrons. The van der Waals surface area contributed by atoms with Crippen LogP contribution in [0.1, 0.15) is 62.5 Å². The zero-order valence-corrected chi connectivity index (χ0v) is 17.4. The molecule has 0 aliphatic rings. The van der Waals surface area contributed by atoms with E-state index in [1.54, 1.807) is 12.2 Å². The van der Waals surface area contributed by atoms with Crippen LogP contribution in [-0.2, 0) is 19.1 Å². The molecule has 0 N–H and O–H groups in total. The highest BCUT2D eigenvalue weighted by atomic mass is 16.5. The van der Waals surface area contributed by atoms with Crippen LogP contribution in [0.15, 0.2) is 73.2 Å². The summed E-state index contributed by atoms with van der Waals surface area (Å²) in [4.78, 5) is 23.4. The third-order valence-corrected chi connectivity index (χ3v) is 4.53. The van der Waals surface area contributed by atoms with Gasteiger partial charge >= 0.3 is 11.9 Å². The van der Waals surface area contributed by atoms with Crippen LogP contribution in [0.3, 0.4) is 0 Å². The number of ether oxygens (including phenoxy) is 2. The molecule has 30 heavy (non-hydrogen) atoms. The SMILES string of the molecule is O=C(CCCCCCCCC(=O)OC=Cc1ccccc1)OC=Cc1ccccc1. The zero-order valence-electron chi connectivity index (χ0n) is 17.4. The molecule has 0 amide bonds. The maximum absolute atomic E-state index is 11.7. The molecule has 0 aromatic heterocycles. The van der Waals surface area contributed by atoms with Crippen molar-refractivity contribution in [1.29, 1.82) is 0 Å². The predicted molar refractivity (Wildman–Crippen MR) is 120 cm³/mol. The predicted octanol–water partition coefficient (Wildman–Crippen LogP) is 6.54. The molecule has 2 rings (SSSR count). The average molecular weight is 407 g/mol. The van der Waals surface area contributed by atoms with Gasteiger partial charge < -0.3 is 9.47 Å². The van der Waals surface area contributed by atoms with Crippen LogP contribution in [0.25, 0.3) is 12.2 Å². The maximum Gasteiger partial charge on any atom is 0.310 e. The third-order valence-electron chi connectivity index (χ3n) is 4.53. The number of unbranched alkanes of at least 4 members (excludes halogenated alkanes) is 5. The summed E-state index contributed by atoms with van der Waals surface area (Å²) >= 11 is 0. The molecule has 0 saturated carbocycles. The first kappa shape index (κ1) is 23.1. The minimum absolute atomic E-state index is 0.200. The first-order valence-corrected chi connectivity index (χ1v) is 10.6. The monoisotopic (exact) mass is 406 g/mol. The van der Waals surface area contributed by atoms with Crippen LogP contribution in [-0.4, -0.2) is 11.9 Å². The molecular formula is C26H30O4. The van der Waals surface area contributed by atoms with E-state index >= 15 is 0 Å². The lowest BCUT2D eigenvalue weighted by molar-refractivity contribution is -0.139. The number of hydrogen-bond acceptors (Lipinski definition) is 4. The van der Waals surface area contributed by atoms with Crippen LogP contribution in [0, 0.1) is 0 Å². The van der Waals surface area contributed by atoms with Gasteiger partial charge in [-0.1, -0.05) is 86.3 Å². The van der Waals surface area contributed by atoms with Gasteiger partial charge in [-0.2, -0.15) is 0 Å². The van der Waals surface area contributed by atoms with Crippen LogP contribution >= 0.6 is 0 Å². The minimum Gasteiger partial charge on any atom is -0.434 e. The second-order valence-electron chi connectivity index (χ2n) is 7.03. The van der Waals surface area contributed by atoms with Gasteiger partial charge in [-0.3, -0.25) is 9.59 Å². The average Bonchev–Trinajstić information content (AvgIpc) is 2.77. The van der Waals surface area contributed by atoms with E-state index in [-0.39, 0.29) is 11.9 Å². The Balaban J connectivity index is 1.41. The number of carbonyl (C=O) groups is 2. The summed E-state index contributed by atoms with van der Waals surface area (Å²) in [6.45, 7) is 0. The molecule has 0 unspecified atom stereocenters. The molecule has 4 heteroatoms. The molecule has 0 aliphatic heterocycles. The Bertz CT molecular complexity index is 725. The number of benzene rings is 2. The highest BCUT2D eigenvalue weighted by Crippen LogP contribution is 2.10. The summed E-state index contributed by atoms with van der Waals surface area (Å²) < 4.78 is 10.2. The number of rotatable bonds is 13. The van der Waals surface area contributed by atoms with E-state index in [2.05, 4.69) is 0 Å². The van der Waals surface area contributed by atoms with E-state index in [4.69, 9.17) is 9.47 Å².